The van der Waals surface area contributed by atoms with E-state index in [1.807, 2.05) is 24.4 Å². The molecule has 136 valence electrons. The number of benzene rings is 2. The number of aromatic nitrogens is 1. The summed E-state index contributed by atoms with van der Waals surface area (Å²) < 4.78 is 27.8. The molecule has 0 aliphatic heterocycles. The highest BCUT2D eigenvalue weighted by Crippen LogP contribution is 2.33. The van der Waals surface area contributed by atoms with Gasteiger partial charge in [-0.2, -0.15) is 0 Å². The molecule has 0 spiro atoms. The van der Waals surface area contributed by atoms with Crippen LogP contribution in [0.1, 0.15) is 40.0 Å². The fraction of sp³-hybridized carbons (Fsp3) is 0.182. The van der Waals surface area contributed by atoms with Crippen molar-refractivity contribution in [3.05, 3.63) is 88.7 Å². The number of fused-ring (bicyclic) bond motifs is 3. The summed E-state index contributed by atoms with van der Waals surface area (Å²) in [4.78, 5) is 16.8. The summed E-state index contributed by atoms with van der Waals surface area (Å²) in [6.07, 6.45) is 5.34. The lowest BCUT2D eigenvalue weighted by molar-refractivity contribution is 0.0938. The van der Waals surface area contributed by atoms with Crippen LogP contribution < -0.4 is 5.32 Å². The lowest BCUT2D eigenvalue weighted by Gasteiger charge is -2.21. The maximum absolute atomic E-state index is 13.9. The van der Waals surface area contributed by atoms with E-state index >= 15 is 0 Å². The van der Waals surface area contributed by atoms with Crippen molar-refractivity contribution in [2.24, 2.45) is 0 Å². The Labute approximate surface area is 156 Å². The maximum atomic E-state index is 13.9. The van der Waals surface area contributed by atoms with Crippen molar-refractivity contribution >= 4 is 5.91 Å². The minimum Gasteiger partial charge on any atom is -0.345 e. The van der Waals surface area contributed by atoms with E-state index < -0.39 is 17.7 Å². The Balaban J connectivity index is 1.59. The number of nitrogens with one attached hydrogen (secondary N) is 1. The van der Waals surface area contributed by atoms with Gasteiger partial charge >= 0.3 is 0 Å². The van der Waals surface area contributed by atoms with Gasteiger partial charge in [0.2, 0.25) is 0 Å². The van der Waals surface area contributed by atoms with E-state index in [0.29, 0.717) is 5.56 Å². The quantitative estimate of drug-likeness (QED) is 0.737. The number of carbonyl (C=O) groups is 1. The Bertz CT molecular complexity index is 1010. The molecule has 0 saturated heterocycles. The summed E-state index contributed by atoms with van der Waals surface area (Å²) in [5, 5.41) is 2.69. The molecule has 1 aliphatic carbocycles. The number of hydrogen-bond acceptors (Lipinski definition) is 2. The molecule has 1 unspecified atom stereocenters. The molecule has 1 aromatic heterocycles. The number of nitrogens with zero attached hydrogens (tertiary/aromatic N) is 1. The zero-order valence-electron chi connectivity index (χ0n) is 14.8. The minimum absolute atomic E-state index is 0.134. The van der Waals surface area contributed by atoms with Gasteiger partial charge in [-0.05, 0) is 72.4 Å². The van der Waals surface area contributed by atoms with Crippen molar-refractivity contribution in [2.75, 3.05) is 0 Å². The van der Waals surface area contributed by atoms with E-state index in [9.17, 15) is 13.6 Å². The summed E-state index contributed by atoms with van der Waals surface area (Å²) in [5.41, 5.74) is 4.88. The zero-order valence-corrected chi connectivity index (χ0v) is 14.8. The Hall–Kier alpha value is -3.08. The number of rotatable bonds is 3. The summed E-state index contributed by atoms with van der Waals surface area (Å²) >= 11 is 0. The van der Waals surface area contributed by atoms with Crippen LogP contribution in [0.5, 0.6) is 0 Å². The highest BCUT2D eigenvalue weighted by Gasteiger charge is 2.21. The average Bonchev–Trinajstić information content (AvgIpc) is 2.67. The van der Waals surface area contributed by atoms with Gasteiger partial charge in [-0.15, -0.1) is 0 Å². The van der Waals surface area contributed by atoms with Gasteiger partial charge in [-0.3, -0.25) is 9.78 Å². The largest absolute Gasteiger partial charge is 0.345 e. The molecule has 3 nitrogen and oxygen atoms in total. The number of pyridine rings is 1. The van der Waals surface area contributed by atoms with Gasteiger partial charge in [-0.25, -0.2) is 8.78 Å². The number of amides is 1. The molecular formula is C22H18F2N2O. The predicted molar refractivity (Wildman–Crippen MR) is 99.3 cm³/mol. The van der Waals surface area contributed by atoms with E-state index in [1.54, 1.807) is 19.2 Å². The van der Waals surface area contributed by atoms with E-state index in [-0.39, 0.29) is 11.5 Å². The molecule has 0 bridgehead atoms. The molecule has 27 heavy (non-hydrogen) atoms. The zero-order chi connectivity index (χ0) is 19.0. The molecule has 0 fully saturated rings. The van der Waals surface area contributed by atoms with Gasteiger partial charge in [0.25, 0.3) is 5.91 Å². The van der Waals surface area contributed by atoms with Crippen LogP contribution in [-0.2, 0) is 12.8 Å². The molecule has 4 rings (SSSR count). The summed E-state index contributed by atoms with van der Waals surface area (Å²) in [5.74, 6) is -1.69. The average molecular weight is 364 g/mol. The first-order valence-electron chi connectivity index (χ1n) is 8.85. The molecule has 1 amide bonds. The summed E-state index contributed by atoms with van der Waals surface area (Å²) in [6, 6.07) is 10.4. The van der Waals surface area contributed by atoms with Gasteiger partial charge < -0.3 is 5.32 Å². The molecule has 1 atom stereocenters. The van der Waals surface area contributed by atoms with E-state index in [4.69, 9.17) is 0 Å². The number of halogens is 2. The van der Waals surface area contributed by atoms with Gasteiger partial charge in [0.15, 0.2) is 0 Å². The number of hydrogen-bond donors (Lipinski definition) is 1. The van der Waals surface area contributed by atoms with Crippen LogP contribution in [-0.4, -0.2) is 10.9 Å². The topological polar surface area (TPSA) is 42.0 Å². The van der Waals surface area contributed by atoms with Gasteiger partial charge in [0.05, 0.1) is 6.04 Å². The van der Waals surface area contributed by atoms with Crippen molar-refractivity contribution in [2.45, 2.75) is 25.8 Å². The van der Waals surface area contributed by atoms with Crippen molar-refractivity contribution in [1.29, 1.82) is 0 Å². The summed E-state index contributed by atoms with van der Waals surface area (Å²) in [7, 11) is 0. The van der Waals surface area contributed by atoms with E-state index in [0.717, 1.165) is 29.5 Å². The first-order valence-corrected chi connectivity index (χ1v) is 8.85. The van der Waals surface area contributed by atoms with Gasteiger partial charge in [-0.1, -0.05) is 12.1 Å². The molecule has 1 aliphatic rings. The van der Waals surface area contributed by atoms with Crippen LogP contribution in [0.25, 0.3) is 11.1 Å². The second-order valence-electron chi connectivity index (χ2n) is 6.74. The van der Waals surface area contributed by atoms with Crippen LogP contribution in [0, 0.1) is 11.6 Å². The normalized spacial score (nSPS) is 13.4. The van der Waals surface area contributed by atoms with Crippen molar-refractivity contribution in [3.63, 3.8) is 0 Å². The van der Waals surface area contributed by atoms with Crippen LogP contribution in [0.4, 0.5) is 8.78 Å². The Kier molecular flexibility index (Phi) is 4.44. The Morgan fingerprint density at radius 3 is 2.52 bits per heavy atom. The molecule has 1 N–H and O–H groups in total. The molecule has 0 saturated carbocycles. The second kappa shape index (κ2) is 6.91. The van der Waals surface area contributed by atoms with Crippen LogP contribution in [0.3, 0.4) is 0 Å². The fourth-order valence-corrected chi connectivity index (χ4v) is 3.64. The third kappa shape index (κ3) is 3.21. The Morgan fingerprint density at radius 1 is 1.04 bits per heavy atom. The number of carbonyl (C=O) groups excluding carboxylic acids is 1. The fourth-order valence-electron chi connectivity index (χ4n) is 3.64. The SMILES string of the molecule is CC(NC(=O)c1ccc2c(c1)CCc1cnccc1-2)c1c(F)cccc1F. The van der Waals surface area contributed by atoms with Gasteiger partial charge in [0.1, 0.15) is 11.6 Å². The smallest absolute Gasteiger partial charge is 0.251 e. The monoisotopic (exact) mass is 364 g/mol. The van der Waals surface area contributed by atoms with Crippen molar-refractivity contribution in [1.82, 2.24) is 10.3 Å². The molecule has 1 heterocycles. The predicted octanol–water partition coefficient (Wildman–Crippen LogP) is 4.62. The summed E-state index contributed by atoms with van der Waals surface area (Å²) in [6.45, 7) is 1.57. The highest BCUT2D eigenvalue weighted by molar-refractivity contribution is 5.95. The third-order valence-electron chi connectivity index (χ3n) is 5.01. The molecular weight excluding hydrogens is 346 g/mol. The lowest BCUT2D eigenvalue weighted by atomic mass is 9.86. The highest BCUT2D eigenvalue weighted by atomic mass is 19.1. The molecule has 3 aromatic rings. The molecule has 5 heteroatoms. The molecule has 0 radical (unpaired) electrons. The first kappa shape index (κ1) is 17.3. The number of aryl methyl sites for hydroxylation is 2. The van der Waals surface area contributed by atoms with Crippen molar-refractivity contribution in [3.8, 4) is 11.1 Å². The van der Waals surface area contributed by atoms with Crippen molar-refractivity contribution < 1.29 is 13.6 Å². The maximum Gasteiger partial charge on any atom is 0.251 e. The molecule has 2 aromatic carbocycles. The van der Waals surface area contributed by atoms with Crippen LogP contribution in [0.15, 0.2) is 54.9 Å². The Morgan fingerprint density at radius 2 is 1.74 bits per heavy atom. The minimum atomic E-state index is -0.776. The first-order chi connectivity index (χ1) is 13.0. The van der Waals surface area contributed by atoms with E-state index in [2.05, 4.69) is 10.3 Å². The lowest BCUT2D eigenvalue weighted by Crippen LogP contribution is -2.28. The van der Waals surface area contributed by atoms with Crippen LogP contribution in [0.2, 0.25) is 0 Å². The third-order valence-corrected chi connectivity index (χ3v) is 5.01. The van der Waals surface area contributed by atoms with Crippen LogP contribution >= 0.6 is 0 Å². The van der Waals surface area contributed by atoms with Gasteiger partial charge in [0, 0.05) is 23.5 Å². The van der Waals surface area contributed by atoms with E-state index in [1.165, 1.54) is 23.8 Å². The standard InChI is InChI=1S/C22H18F2N2O/c1-13(21-19(23)3-2-4-20(21)24)26-22(27)15-7-8-17-14(11-15)5-6-16-12-25-10-9-18(16)17/h2-4,7-13H,5-6H2,1H3,(H,26,27). The second-order valence-corrected chi connectivity index (χ2v) is 6.74.